The number of nitrogens with zero attached hydrogens (tertiary/aromatic N) is 3. The zero-order chi connectivity index (χ0) is 29.4. The predicted molar refractivity (Wildman–Crippen MR) is 181 cm³/mol. The van der Waals surface area contributed by atoms with E-state index in [2.05, 4.69) is 146 Å². The minimum atomic E-state index is 0.932. The van der Waals surface area contributed by atoms with Crippen LogP contribution in [0.2, 0.25) is 0 Å². The average molecular weight is 556 g/mol. The molecule has 0 saturated carbocycles. The third-order valence-corrected chi connectivity index (χ3v) is 7.39. The van der Waals surface area contributed by atoms with Crippen molar-refractivity contribution < 1.29 is 0 Å². The Morgan fingerprint density at radius 2 is 1.07 bits per heavy atom. The molecule has 0 aliphatic heterocycles. The highest BCUT2D eigenvalue weighted by atomic mass is 15.1. The third kappa shape index (κ3) is 6.22. The molecule has 4 aromatic carbocycles. The maximum absolute atomic E-state index is 4.71. The highest BCUT2D eigenvalue weighted by molar-refractivity contribution is 5.88. The van der Waals surface area contributed by atoms with Crippen LogP contribution in [0.1, 0.15) is 19.4 Å². The number of benzene rings is 4. The summed E-state index contributed by atoms with van der Waals surface area (Å²) >= 11 is 0. The molecule has 0 unspecified atom stereocenters. The van der Waals surface area contributed by atoms with E-state index >= 15 is 0 Å². The molecule has 0 N–H and O–H groups in total. The van der Waals surface area contributed by atoms with Crippen LogP contribution in [0.15, 0.2) is 164 Å². The van der Waals surface area contributed by atoms with Gasteiger partial charge in [-0.1, -0.05) is 78.9 Å². The quantitative estimate of drug-likeness (QED) is 0.175. The van der Waals surface area contributed by atoms with E-state index in [1.54, 1.807) is 0 Å². The summed E-state index contributed by atoms with van der Waals surface area (Å²) in [5.74, 6) is 0. The molecule has 0 aliphatic carbocycles. The first-order valence-corrected chi connectivity index (χ1v) is 14.6. The van der Waals surface area contributed by atoms with Crippen molar-refractivity contribution in [1.29, 1.82) is 0 Å². The molecule has 3 heteroatoms. The number of pyridine rings is 2. The summed E-state index contributed by atoms with van der Waals surface area (Å²) in [6, 6.07) is 46.6. The van der Waals surface area contributed by atoms with Crippen LogP contribution in [0.5, 0.6) is 0 Å². The first-order chi connectivity index (χ1) is 21.2. The molecule has 3 nitrogen and oxygen atoms in total. The summed E-state index contributed by atoms with van der Waals surface area (Å²) in [4.78, 5) is 11.8. The minimum Gasteiger partial charge on any atom is -0.310 e. The lowest BCUT2D eigenvalue weighted by Gasteiger charge is -2.28. The van der Waals surface area contributed by atoms with Gasteiger partial charge in [0.15, 0.2) is 0 Å². The van der Waals surface area contributed by atoms with Crippen molar-refractivity contribution in [3.63, 3.8) is 0 Å². The van der Waals surface area contributed by atoms with Crippen LogP contribution in [0.25, 0.3) is 39.2 Å². The number of aromatic nitrogens is 2. The van der Waals surface area contributed by atoms with E-state index in [0.29, 0.717) is 0 Å². The topological polar surface area (TPSA) is 29.0 Å². The van der Waals surface area contributed by atoms with Gasteiger partial charge in [0.1, 0.15) is 0 Å². The molecule has 0 atom stereocenters. The summed E-state index contributed by atoms with van der Waals surface area (Å²) < 4.78 is 0. The van der Waals surface area contributed by atoms with Gasteiger partial charge in [0.05, 0.1) is 11.4 Å². The van der Waals surface area contributed by atoms with Crippen molar-refractivity contribution in [2.75, 3.05) is 4.90 Å². The number of anilines is 3. The van der Waals surface area contributed by atoms with Crippen LogP contribution in [0, 0.1) is 0 Å². The van der Waals surface area contributed by atoms with Gasteiger partial charge in [-0.05, 0) is 109 Å². The van der Waals surface area contributed by atoms with Gasteiger partial charge in [-0.2, -0.15) is 0 Å². The first-order valence-electron chi connectivity index (χ1n) is 14.6. The predicted octanol–water partition coefficient (Wildman–Crippen LogP) is 10.9. The molecule has 0 bridgehead atoms. The third-order valence-electron chi connectivity index (χ3n) is 7.39. The Morgan fingerprint density at radius 3 is 1.65 bits per heavy atom. The monoisotopic (exact) mass is 555 g/mol. The van der Waals surface area contributed by atoms with Gasteiger partial charge in [-0.3, -0.25) is 9.97 Å². The Balaban J connectivity index is 1.63. The number of para-hydroxylation sites is 1. The lowest BCUT2D eigenvalue weighted by atomic mass is 9.97. The SMILES string of the molecule is CC=CC(=CC)c1cc(-c2ccccn2)cc(N(c2ccccc2)c2cc(-c3ccccc3)cc(-c3ccccn3)c2)c1. The Bertz CT molecular complexity index is 1800. The van der Waals surface area contributed by atoms with Gasteiger partial charge in [0.2, 0.25) is 0 Å². The van der Waals surface area contributed by atoms with E-state index in [0.717, 1.165) is 61.8 Å². The summed E-state index contributed by atoms with van der Waals surface area (Å²) in [5.41, 5.74) is 11.7. The standard InChI is InChI=1S/C40H33N3/c1-3-15-30(4-2)32-24-34(39-20-11-13-22-41-39)28-37(26-32)43(36-18-9-6-10-19-36)38-27-33(31-16-7-5-8-17-31)25-35(29-38)40-21-12-14-23-42-40/h3-29H,1-2H3. The maximum Gasteiger partial charge on any atom is 0.0702 e. The zero-order valence-electron chi connectivity index (χ0n) is 24.4. The molecule has 6 rings (SSSR count). The molecular formula is C40H33N3. The van der Waals surface area contributed by atoms with Crippen molar-refractivity contribution in [3.8, 4) is 33.6 Å². The normalized spacial score (nSPS) is 11.5. The maximum atomic E-state index is 4.71. The summed E-state index contributed by atoms with van der Waals surface area (Å²) in [6.45, 7) is 4.14. The summed E-state index contributed by atoms with van der Waals surface area (Å²) in [6.07, 6.45) is 10.1. The fourth-order valence-electron chi connectivity index (χ4n) is 5.37. The minimum absolute atomic E-state index is 0.932. The van der Waals surface area contributed by atoms with Crippen molar-refractivity contribution in [3.05, 3.63) is 170 Å². The fraction of sp³-hybridized carbons (Fsp3) is 0.0500. The van der Waals surface area contributed by atoms with Crippen LogP contribution >= 0.6 is 0 Å². The van der Waals surface area contributed by atoms with Gasteiger partial charge in [-0.25, -0.2) is 0 Å². The second-order valence-corrected chi connectivity index (χ2v) is 10.2. The van der Waals surface area contributed by atoms with Crippen molar-refractivity contribution in [2.45, 2.75) is 13.8 Å². The Kier molecular flexibility index (Phi) is 8.33. The van der Waals surface area contributed by atoms with Gasteiger partial charge < -0.3 is 4.90 Å². The molecule has 0 aliphatic rings. The summed E-state index contributed by atoms with van der Waals surface area (Å²) in [7, 11) is 0. The summed E-state index contributed by atoms with van der Waals surface area (Å²) in [5, 5.41) is 0. The highest BCUT2D eigenvalue weighted by Gasteiger charge is 2.18. The molecule has 2 aromatic heterocycles. The lowest BCUT2D eigenvalue weighted by molar-refractivity contribution is 1.26. The molecule has 0 spiro atoms. The van der Waals surface area contributed by atoms with Crippen LogP contribution in [0.3, 0.4) is 0 Å². The molecule has 43 heavy (non-hydrogen) atoms. The van der Waals surface area contributed by atoms with E-state index in [-0.39, 0.29) is 0 Å². The van der Waals surface area contributed by atoms with Crippen molar-refractivity contribution in [2.24, 2.45) is 0 Å². The van der Waals surface area contributed by atoms with E-state index < -0.39 is 0 Å². The van der Waals surface area contributed by atoms with Crippen LogP contribution in [0.4, 0.5) is 17.1 Å². The number of allylic oxidation sites excluding steroid dienone is 4. The molecular weight excluding hydrogens is 522 g/mol. The highest BCUT2D eigenvalue weighted by Crippen LogP contribution is 2.41. The molecule has 0 radical (unpaired) electrons. The van der Waals surface area contributed by atoms with Crippen molar-refractivity contribution >= 4 is 22.6 Å². The van der Waals surface area contributed by atoms with Gasteiger partial charge in [-0.15, -0.1) is 0 Å². The second kappa shape index (κ2) is 13.0. The Hall–Kier alpha value is -5.54. The lowest BCUT2D eigenvalue weighted by Crippen LogP contribution is -2.11. The van der Waals surface area contributed by atoms with Crippen LogP contribution < -0.4 is 4.90 Å². The number of hydrogen-bond donors (Lipinski definition) is 0. The van der Waals surface area contributed by atoms with Crippen molar-refractivity contribution in [1.82, 2.24) is 9.97 Å². The van der Waals surface area contributed by atoms with E-state index in [1.807, 2.05) is 36.7 Å². The van der Waals surface area contributed by atoms with Crippen LogP contribution in [-0.4, -0.2) is 9.97 Å². The first kappa shape index (κ1) is 27.6. The number of rotatable bonds is 8. The van der Waals surface area contributed by atoms with E-state index in [4.69, 9.17) is 9.97 Å². The van der Waals surface area contributed by atoms with Gasteiger partial charge in [0, 0.05) is 40.6 Å². The number of hydrogen-bond acceptors (Lipinski definition) is 3. The molecule has 2 heterocycles. The largest absolute Gasteiger partial charge is 0.310 e. The molecule has 208 valence electrons. The Morgan fingerprint density at radius 1 is 0.512 bits per heavy atom. The second-order valence-electron chi connectivity index (χ2n) is 10.2. The zero-order valence-corrected chi connectivity index (χ0v) is 24.4. The Labute approximate surface area is 254 Å². The van der Waals surface area contributed by atoms with Gasteiger partial charge in [0.25, 0.3) is 0 Å². The fourth-order valence-corrected chi connectivity index (χ4v) is 5.37. The molecule has 0 amide bonds. The van der Waals surface area contributed by atoms with Crippen LogP contribution in [-0.2, 0) is 0 Å². The van der Waals surface area contributed by atoms with E-state index in [1.165, 1.54) is 0 Å². The molecule has 6 aromatic rings. The molecule has 0 saturated heterocycles. The smallest absolute Gasteiger partial charge is 0.0702 e. The average Bonchev–Trinajstić information content (AvgIpc) is 3.09. The van der Waals surface area contributed by atoms with Gasteiger partial charge >= 0.3 is 0 Å². The molecule has 0 fully saturated rings. The van der Waals surface area contributed by atoms with E-state index in [9.17, 15) is 0 Å².